The summed E-state index contributed by atoms with van der Waals surface area (Å²) in [5.74, 6) is -0.139. The van der Waals surface area contributed by atoms with Gasteiger partial charge in [-0.3, -0.25) is 9.48 Å². The maximum atomic E-state index is 13.1. The van der Waals surface area contributed by atoms with Crippen molar-refractivity contribution in [3.05, 3.63) is 102 Å². The van der Waals surface area contributed by atoms with Crippen LogP contribution in [0.25, 0.3) is 10.9 Å². The minimum atomic E-state index is -0.261. The van der Waals surface area contributed by atoms with Gasteiger partial charge < -0.3 is 5.32 Å². The summed E-state index contributed by atoms with van der Waals surface area (Å²) in [6.07, 6.45) is 1.78. The predicted molar refractivity (Wildman–Crippen MR) is 112 cm³/mol. The summed E-state index contributed by atoms with van der Waals surface area (Å²) in [6, 6.07) is 22.1. The molecule has 0 aliphatic carbocycles. The van der Waals surface area contributed by atoms with E-state index in [4.69, 9.17) is 0 Å². The van der Waals surface area contributed by atoms with Gasteiger partial charge in [-0.25, -0.2) is 4.39 Å². The standard InChI is InChI=1S/C24H22FN3O/c1-17(19-5-3-2-4-6-19)14-26-24(29)20-9-10-21-15-27-28(23(21)13-20)16-18-7-11-22(25)12-8-18/h2-13,15,17H,14,16H2,1H3,(H,26,29)/t17-/m0/s1. The van der Waals surface area contributed by atoms with Crippen molar-refractivity contribution in [2.75, 3.05) is 6.54 Å². The van der Waals surface area contributed by atoms with Crippen LogP contribution >= 0.6 is 0 Å². The van der Waals surface area contributed by atoms with E-state index in [1.54, 1.807) is 18.3 Å². The van der Waals surface area contributed by atoms with Crippen LogP contribution in [-0.4, -0.2) is 22.2 Å². The van der Waals surface area contributed by atoms with Gasteiger partial charge in [0, 0.05) is 17.5 Å². The smallest absolute Gasteiger partial charge is 0.251 e. The zero-order chi connectivity index (χ0) is 20.2. The number of fused-ring (bicyclic) bond motifs is 1. The lowest BCUT2D eigenvalue weighted by molar-refractivity contribution is 0.0952. The number of nitrogens with zero attached hydrogens (tertiary/aromatic N) is 2. The molecule has 1 atom stereocenters. The topological polar surface area (TPSA) is 46.9 Å². The molecule has 0 radical (unpaired) electrons. The molecule has 1 heterocycles. The van der Waals surface area contributed by atoms with Crippen molar-refractivity contribution < 1.29 is 9.18 Å². The Kier molecular flexibility index (Phi) is 5.38. The van der Waals surface area contributed by atoms with Gasteiger partial charge in [0.25, 0.3) is 5.91 Å². The van der Waals surface area contributed by atoms with Crippen molar-refractivity contribution in [1.82, 2.24) is 15.1 Å². The van der Waals surface area contributed by atoms with E-state index in [2.05, 4.69) is 29.5 Å². The number of benzene rings is 3. The Balaban J connectivity index is 1.49. The predicted octanol–water partition coefficient (Wildman–Crippen LogP) is 4.76. The Labute approximate surface area is 169 Å². The fourth-order valence-corrected chi connectivity index (χ4v) is 3.35. The third-order valence-corrected chi connectivity index (χ3v) is 5.09. The first-order valence-corrected chi connectivity index (χ1v) is 9.63. The molecular weight excluding hydrogens is 365 g/mol. The van der Waals surface area contributed by atoms with E-state index < -0.39 is 0 Å². The Morgan fingerprint density at radius 1 is 1.07 bits per heavy atom. The Morgan fingerprint density at radius 2 is 1.83 bits per heavy atom. The number of amides is 1. The van der Waals surface area contributed by atoms with E-state index in [1.807, 2.05) is 41.1 Å². The van der Waals surface area contributed by atoms with Gasteiger partial charge in [0.05, 0.1) is 18.3 Å². The van der Waals surface area contributed by atoms with Crippen molar-refractivity contribution in [3.8, 4) is 0 Å². The highest BCUT2D eigenvalue weighted by Crippen LogP contribution is 2.18. The average molecular weight is 387 g/mol. The van der Waals surface area contributed by atoms with Crippen LogP contribution in [-0.2, 0) is 6.54 Å². The molecule has 4 aromatic rings. The van der Waals surface area contributed by atoms with Gasteiger partial charge in [0.2, 0.25) is 0 Å². The van der Waals surface area contributed by atoms with Gasteiger partial charge in [0.15, 0.2) is 0 Å². The van der Waals surface area contributed by atoms with E-state index in [-0.39, 0.29) is 17.6 Å². The van der Waals surface area contributed by atoms with Gasteiger partial charge >= 0.3 is 0 Å². The first kappa shape index (κ1) is 18.9. The Morgan fingerprint density at radius 3 is 2.59 bits per heavy atom. The van der Waals surface area contributed by atoms with Crippen LogP contribution in [0.2, 0.25) is 0 Å². The van der Waals surface area contributed by atoms with Crippen LogP contribution in [0.1, 0.15) is 34.3 Å². The number of carbonyl (C=O) groups is 1. The number of hydrogen-bond acceptors (Lipinski definition) is 2. The number of rotatable bonds is 6. The summed E-state index contributed by atoms with van der Waals surface area (Å²) in [6.45, 7) is 3.17. The van der Waals surface area contributed by atoms with Crippen LogP contribution in [0.5, 0.6) is 0 Å². The van der Waals surface area contributed by atoms with Gasteiger partial charge in [0.1, 0.15) is 5.82 Å². The molecule has 5 heteroatoms. The Hall–Kier alpha value is -3.47. The first-order chi connectivity index (χ1) is 14.1. The highest BCUT2D eigenvalue weighted by atomic mass is 19.1. The molecule has 4 nitrogen and oxygen atoms in total. The highest BCUT2D eigenvalue weighted by Gasteiger charge is 2.12. The van der Waals surface area contributed by atoms with Crippen LogP contribution in [0.4, 0.5) is 4.39 Å². The van der Waals surface area contributed by atoms with Crippen molar-refractivity contribution >= 4 is 16.8 Å². The molecule has 1 amide bonds. The summed E-state index contributed by atoms with van der Waals surface area (Å²) in [4.78, 5) is 12.7. The summed E-state index contributed by atoms with van der Waals surface area (Å²) in [5.41, 5.74) is 3.61. The van der Waals surface area contributed by atoms with Crippen molar-refractivity contribution in [2.45, 2.75) is 19.4 Å². The number of halogens is 1. The second-order valence-corrected chi connectivity index (χ2v) is 7.22. The highest BCUT2D eigenvalue weighted by molar-refractivity contribution is 5.97. The summed E-state index contributed by atoms with van der Waals surface area (Å²) >= 11 is 0. The molecule has 1 aromatic heterocycles. The average Bonchev–Trinajstić information content (AvgIpc) is 3.16. The molecule has 0 spiro atoms. The molecule has 0 fully saturated rings. The molecule has 0 unspecified atom stereocenters. The molecule has 0 saturated heterocycles. The van der Waals surface area contributed by atoms with E-state index in [1.165, 1.54) is 17.7 Å². The van der Waals surface area contributed by atoms with Gasteiger partial charge in [-0.15, -0.1) is 0 Å². The fourth-order valence-electron chi connectivity index (χ4n) is 3.35. The van der Waals surface area contributed by atoms with E-state index in [0.717, 1.165) is 16.5 Å². The molecule has 0 bridgehead atoms. The molecule has 0 saturated carbocycles. The van der Waals surface area contributed by atoms with Crippen LogP contribution in [0, 0.1) is 5.82 Å². The third kappa shape index (κ3) is 4.35. The number of hydrogen-bond donors (Lipinski definition) is 1. The molecule has 146 valence electrons. The van der Waals surface area contributed by atoms with Crippen LogP contribution < -0.4 is 5.32 Å². The normalized spacial score (nSPS) is 12.1. The minimum Gasteiger partial charge on any atom is -0.351 e. The van der Waals surface area contributed by atoms with E-state index in [0.29, 0.717) is 18.7 Å². The summed E-state index contributed by atoms with van der Waals surface area (Å²) in [5, 5.41) is 8.40. The fraction of sp³-hybridized carbons (Fsp3) is 0.167. The zero-order valence-electron chi connectivity index (χ0n) is 16.2. The summed E-state index contributed by atoms with van der Waals surface area (Å²) in [7, 11) is 0. The monoisotopic (exact) mass is 387 g/mol. The molecule has 0 aliphatic rings. The van der Waals surface area contributed by atoms with Gasteiger partial charge in [-0.2, -0.15) is 5.10 Å². The quantitative estimate of drug-likeness (QED) is 0.519. The minimum absolute atomic E-state index is 0.107. The second-order valence-electron chi connectivity index (χ2n) is 7.22. The van der Waals surface area contributed by atoms with E-state index >= 15 is 0 Å². The number of aromatic nitrogens is 2. The van der Waals surface area contributed by atoms with Crippen LogP contribution in [0.15, 0.2) is 79.0 Å². The molecule has 29 heavy (non-hydrogen) atoms. The van der Waals surface area contributed by atoms with Gasteiger partial charge in [-0.1, -0.05) is 55.5 Å². The maximum Gasteiger partial charge on any atom is 0.251 e. The molecule has 4 rings (SSSR count). The molecule has 0 aliphatic heterocycles. The van der Waals surface area contributed by atoms with Crippen molar-refractivity contribution in [3.63, 3.8) is 0 Å². The van der Waals surface area contributed by atoms with Crippen molar-refractivity contribution in [2.24, 2.45) is 0 Å². The Bertz CT molecular complexity index is 1120. The van der Waals surface area contributed by atoms with Crippen molar-refractivity contribution in [1.29, 1.82) is 0 Å². The third-order valence-electron chi connectivity index (χ3n) is 5.09. The molecular formula is C24H22FN3O. The largest absolute Gasteiger partial charge is 0.351 e. The molecule has 1 N–H and O–H groups in total. The zero-order valence-corrected chi connectivity index (χ0v) is 16.2. The number of carbonyl (C=O) groups excluding carboxylic acids is 1. The van der Waals surface area contributed by atoms with Crippen LogP contribution in [0.3, 0.4) is 0 Å². The lowest BCUT2D eigenvalue weighted by atomic mass is 10.0. The number of nitrogens with one attached hydrogen (secondary N) is 1. The van der Waals surface area contributed by atoms with E-state index in [9.17, 15) is 9.18 Å². The second kappa shape index (κ2) is 8.27. The maximum absolute atomic E-state index is 13.1. The lowest BCUT2D eigenvalue weighted by Gasteiger charge is -2.13. The van der Waals surface area contributed by atoms with Gasteiger partial charge in [-0.05, 0) is 41.3 Å². The molecule has 3 aromatic carbocycles. The summed E-state index contributed by atoms with van der Waals surface area (Å²) < 4.78 is 15.0. The first-order valence-electron chi connectivity index (χ1n) is 9.63. The SMILES string of the molecule is C[C@@H](CNC(=O)c1ccc2cnn(Cc3ccc(F)cc3)c2c1)c1ccccc1. The lowest BCUT2D eigenvalue weighted by Crippen LogP contribution is -2.27.